The van der Waals surface area contributed by atoms with E-state index in [1.807, 2.05) is 18.2 Å². The van der Waals surface area contributed by atoms with Crippen LogP contribution in [-0.2, 0) is 0 Å². The summed E-state index contributed by atoms with van der Waals surface area (Å²) >= 11 is 6.10. The molecule has 0 heterocycles. The van der Waals surface area contributed by atoms with Crippen molar-refractivity contribution in [2.24, 2.45) is 23.7 Å². The van der Waals surface area contributed by atoms with Gasteiger partial charge in [0.2, 0.25) is 0 Å². The van der Waals surface area contributed by atoms with E-state index in [1.54, 1.807) is 0 Å². The monoisotopic (exact) mass is 291 g/mol. The molecule has 4 fully saturated rings. The van der Waals surface area contributed by atoms with Crippen LogP contribution in [0.25, 0.3) is 0 Å². The van der Waals surface area contributed by atoms with Crippen LogP contribution in [0.15, 0.2) is 24.3 Å². The SMILES string of the molecule is OCC1(Nc2cccc(Cl)c2)C2CC3CC(C2)CC1C3. The zero-order valence-corrected chi connectivity index (χ0v) is 12.4. The highest BCUT2D eigenvalue weighted by molar-refractivity contribution is 6.30. The molecule has 2 nitrogen and oxygen atoms in total. The summed E-state index contributed by atoms with van der Waals surface area (Å²) in [6.45, 7) is 0.244. The van der Waals surface area contributed by atoms with Crippen molar-refractivity contribution in [1.29, 1.82) is 0 Å². The Morgan fingerprint density at radius 3 is 2.30 bits per heavy atom. The molecule has 2 N–H and O–H groups in total. The maximum Gasteiger partial charge on any atom is 0.0667 e. The standard InChI is InChI=1S/C17H22ClNO/c18-15-2-1-3-16(9-15)19-17(10-20)13-5-11-4-12(7-13)8-14(17)6-11/h1-3,9,11-14,19-20H,4-8,10H2. The van der Waals surface area contributed by atoms with Crippen molar-refractivity contribution < 1.29 is 5.11 Å². The van der Waals surface area contributed by atoms with Gasteiger partial charge in [-0.1, -0.05) is 17.7 Å². The highest BCUT2D eigenvalue weighted by atomic mass is 35.5. The first kappa shape index (κ1) is 13.0. The zero-order chi connectivity index (χ0) is 13.7. The van der Waals surface area contributed by atoms with Gasteiger partial charge in [0.05, 0.1) is 12.1 Å². The van der Waals surface area contributed by atoms with Gasteiger partial charge in [-0.15, -0.1) is 0 Å². The van der Waals surface area contributed by atoms with Crippen LogP contribution in [0.5, 0.6) is 0 Å². The molecule has 0 unspecified atom stereocenters. The van der Waals surface area contributed by atoms with Gasteiger partial charge in [0.25, 0.3) is 0 Å². The zero-order valence-electron chi connectivity index (χ0n) is 11.7. The maximum absolute atomic E-state index is 10.2. The molecule has 4 aliphatic carbocycles. The molecular weight excluding hydrogens is 270 g/mol. The molecule has 0 saturated heterocycles. The lowest BCUT2D eigenvalue weighted by molar-refractivity contribution is -0.0655. The predicted octanol–water partition coefficient (Wildman–Crippen LogP) is 3.94. The molecule has 4 aliphatic rings. The largest absolute Gasteiger partial charge is 0.394 e. The summed E-state index contributed by atoms with van der Waals surface area (Å²) in [5.74, 6) is 3.09. The summed E-state index contributed by atoms with van der Waals surface area (Å²) in [5.41, 5.74) is 0.942. The third kappa shape index (κ3) is 1.88. The molecule has 4 bridgehead atoms. The van der Waals surface area contributed by atoms with Gasteiger partial charge in [-0.3, -0.25) is 0 Å². The van der Waals surface area contributed by atoms with E-state index >= 15 is 0 Å². The number of halogens is 1. The van der Waals surface area contributed by atoms with Crippen molar-refractivity contribution in [3.8, 4) is 0 Å². The van der Waals surface area contributed by atoms with Crippen molar-refractivity contribution >= 4 is 17.3 Å². The van der Waals surface area contributed by atoms with Crippen LogP contribution in [0.2, 0.25) is 5.02 Å². The molecule has 1 aromatic carbocycles. The number of aliphatic hydroxyl groups is 1. The average molecular weight is 292 g/mol. The van der Waals surface area contributed by atoms with Gasteiger partial charge in [-0.05, 0) is 74.0 Å². The van der Waals surface area contributed by atoms with E-state index in [0.717, 1.165) is 22.5 Å². The highest BCUT2D eigenvalue weighted by Crippen LogP contribution is 2.59. The predicted molar refractivity (Wildman–Crippen MR) is 81.9 cm³/mol. The molecule has 1 aromatic rings. The highest BCUT2D eigenvalue weighted by Gasteiger charge is 2.56. The second-order valence-corrected chi connectivity index (χ2v) is 7.57. The van der Waals surface area contributed by atoms with Gasteiger partial charge in [0.1, 0.15) is 0 Å². The van der Waals surface area contributed by atoms with E-state index in [0.29, 0.717) is 11.8 Å². The molecule has 0 spiro atoms. The number of rotatable bonds is 3. The normalized spacial score (nSPS) is 41.9. The van der Waals surface area contributed by atoms with Crippen LogP contribution < -0.4 is 5.32 Å². The van der Waals surface area contributed by atoms with E-state index in [4.69, 9.17) is 11.6 Å². The molecule has 0 amide bonds. The number of hydrogen-bond donors (Lipinski definition) is 2. The van der Waals surface area contributed by atoms with Gasteiger partial charge < -0.3 is 10.4 Å². The minimum atomic E-state index is -0.113. The summed E-state index contributed by atoms with van der Waals surface area (Å²) in [6, 6.07) is 7.92. The van der Waals surface area contributed by atoms with Gasteiger partial charge in [0, 0.05) is 10.7 Å². The first-order valence-electron chi connectivity index (χ1n) is 7.84. The third-order valence-corrected chi connectivity index (χ3v) is 6.29. The Bertz CT molecular complexity index is 487. The molecule has 20 heavy (non-hydrogen) atoms. The molecule has 0 radical (unpaired) electrons. The fourth-order valence-electron chi connectivity index (χ4n) is 5.36. The van der Waals surface area contributed by atoms with E-state index in [-0.39, 0.29) is 12.1 Å². The van der Waals surface area contributed by atoms with Crippen LogP contribution >= 0.6 is 11.6 Å². The molecule has 108 valence electrons. The Kier molecular flexibility index (Phi) is 3.01. The van der Waals surface area contributed by atoms with Crippen LogP contribution in [0.4, 0.5) is 5.69 Å². The lowest BCUT2D eigenvalue weighted by atomic mass is 9.48. The summed E-state index contributed by atoms with van der Waals surface area (Å²) < 4.78 is 0. The molecule has 4 saturated carbocycles. The number of nitrogens with one attached hydrogen (secondary N) is 1. The second kappa shape index (κ2) is 4.64. The van der Waals surface area contributed by atoms with E-state index in [1.165, 1.54) is 32.1 Å². The number of hydrogen-bond acceptors (Lipinski definition) is 2. The van der Waals surface area contributed by atoms with Crippen molar-refractivity contribution in [2.75, 3.05) is 11.9 Å². The minimum Gasteiger partial charge on any atom is -0.394 e. The quantitative estimate of drug-likeness (QED) is 0.884. The van der Waals surface area contributed by atoms with Gasteiger partial charge >= 0.3 is 0 Å². The Hall–Kier alpha value is -0.730. The minimum absolute atomic E-state index is 0.113. The first-order chi connectivity index (χ1) is 9.69. The fraction of sp³-hybridized carbons (Fsp3) is 0.647. The maximum atomic E-state index is 10.2. The van der Waals surface area contributed by atoms with Crippen LogP contribution in [-0.4, -0.2) is 17.3 Å². The number of benzene rings is 1. The Morgan fingerprint density at radius 2 is 1.75 bits per heavy atom. The van der Waals surface area contributed by atoms with Crippen LogP contribution in [0, 0.1) is 23.7 Å². The van der Waals surface area contributed by atoms with Gasteiger partial charge in [-0.25, -0.2) is 0 Å². The first-order valence-corrected chi connectivity index (χ1v) is 8.22. The summed E-state index contributed by atoms with van der Waals surface area (Å²) in [5, 5.41) is 14.6. The number of aliphatic hydroxyl groups excluding tert-OH is 1. The number of anilines is 1. The van der Waals surface area contributed by atoms with Crippen molar-refractivity contribution in [1.82, 2.24) is 0 Å². The molecular formula is C17H22ClNO. The smallest absolute Gasteiger partial charge is 0.0667 e. The molecule has 3 heteroatoms. The molecule has 0 aromatic heterocycles. The lowest BCUT2D eigenvalue weighted by Crippen LogP contribution is -2.63. The van der Waals surface area contributed by atoms with E-state index < -0.39 is 0 Å². The van der Waals surface area contributed by atoms with Gasteiger partial charge in [-0.2, -0.15) is 0 Å². The van der Waals surface area contributed by atoms with E-state index in [9.17, 15) is 5.11 Å². The average Bonchev–Trinajstić information content (AvgIpc) is 2.42. The van der Waals surface area contributed by atoms with Crippen molar-refractivity contribution in [3.63, 3.8) is 0 Å². The van der Waals surface area contributed by atoms with Crippen molar-refractivity contribution in [2.45, 2.75) is 37.6 Å². The second-order valence-electron chi connectivity index (χ2n) is 7.14. The molecule has 0 atom stereocenters. The Morgan fingerprint density at radius 1 is 1.10 bits per heavy atom. The lowest BCUT2D eigenvalue weighted by Gasteiger charge is -2.61. The summed E-state index contributed by atoms with van der Waals surface area (Å²) in [7, 11) is 0. The summed E-state index contributed by atoms with van der Waals surface area (Å²) in [4.78, 5) is 0. The molecule has 5 rings (SSSR count). The van der Waals surface area contributed by atoms with Crippen molar-refractivity contribution in [3.05, 3.63) is 29.3 Å². The van der Waals surface area contributed by atoms with Gasteiger partial charge in [0.15, 0.2) is 0 Å². The topological polar surface area (TPSA) is 32.3 Å². The van der Waals surface area contributed by atoms with Crippen LogP contribution in [0.3, 0.4) is 0 Å². The fourth-order valence-corrected chi connectivity index (χ4v) is 5.55. The third-order valence-electron chi connectivity index (χ3n) is 6.06. The van der Waals surface area contributed by atoms with Crippen LogP contribution in [0.1, 0.15) is 32.1 Å². The van der Waals surface area contributed by atoms with E-state index in [2.05, 4.69) is 11.4 Å². The molecule has 0 aliphatic heterocycles. The Labute approximate surface area is 125 Å². The summed E-state index contributed by atoms with van der Waals surface area (Å²) in [6.07, 6.45) is 6.61. The Balaban J connectivity index is 1.66.